The molecule has 1 N–H and O–H groups in total. The molecule has 0 aliphatic heterocycles. The standard InChI is InChI=1S/C15H17N5O2S/c1-2-19-11-14(8-16-19)18-23(21,22)15-9-17-20(12-15)10-13-6-4-3-5-7-13/h3-9,11-12,18H,2,10H2,1H3. The molecule has 0 aliphatic carbocycles. The molecule has 120 valence electrons. The van der Waals surface area contributed by atoms with Gasteiger partial charge in [0, 0.05) is 18.9 Å². The van der Waals surface area contributed by atoms with E-state index in [1.165, 1.54) is 18.6 Å². The van der Waals surface area contributed by atoms with Gasteiger partial charge in [0.15, 0.2) is 0 Å². The van der Waals surface area contributed by atoms with Crippen molar-refractivity contribution in [3.05, 3.63) is 60.7 Å². The Morgan fingerprint density at radius 1 is 1.04 bits per heavy atom. The Bertz CT molecular complexity index is 884. The highest BCUT2D eigenvalue weighted by Gasteiger charge is 2.17. The number of anilines is 1. The fourth-order valence-corrected chi connectivity index (χ4v) is 3.12. The monoisotopic (exact) mass is 331 g/mol. The van der Waals surface area contributed by atoms with Crippen molar-refractivity contribution in [3.63, 3.8) is 0 Å². The highest BCUT2D eigenvalue weighted by molar-refractivity contribution is 7.92. The molecule has 1 aromatic carbocycles. The van der Waals surface area contributed by atoms with Crippen LogP contribution < -0.4 is 4.72 Å². The lowest BCUT2D eigenvalue weighted by Crippen LogP contribution is -2.12. The number of hydrogen-bond donors (Lipinski definition) is 1. The second kappa shape index (κ2) is 6.25. The van der Waals surface area contributed by atoms with Crippen molar-refractivity contribution in [1.29, 1.82) is 0 Å². The van der Waals surface area contributed by atoms with Crippen LogP contribution in [-0.4, -0.2) is 28.0 Å². The number of aryl methyl sites for hydroxylation is 1. The lowest BCUT2D eigenvalue weighted by Gasteiger charge is -2.03. The zero-order valence-electron chi connectivity index (χ0n) is 12.6. The second-order valence-electron chi connectivity index (χ2n) is 5.05. The van der Waals surface area contributed by atoms with E-state index in [9.17, 15) is 8.42 Å². The van der Waals surface area contributed by atoms with Crippen molar-refractivity contribution in [1.82, 2.24) is 19.6 Å². The van der Waals surface area contributed by atoms with Crippen LogP contribution in [0.2, 0.25) is 0 Å². The van der Waals surface area contributed by atoms with Crippen LogP contribution in [0.25, 0.3) is 0 Å². The van der Waals surface area contributed by atoms with Crippen LogP contribution in [0.5, 0.6) is 0 Å². The maximum atomic E-state index is 12.4. The molecular formula is C15H17N5O2S. The largest absolute Gasteiger partial charge is 0.276 e. The minimum Gasteiger partial charge on any atom is -0.276 e. The van der Waals surface area contributed by atoms with Crippen molar-refractivity contribution in [2.75, 3.05) is 4.72 Å². The Kier molecular flexibility index (Phi) is 4.16. The quantitative estimate of drug-likeness (QED) is 0.748. The van der Waals surface area contributed by atoms with Crippen LogP contribution in [0.15, 0.2) is 60.0 Å². The van der Waals surface area contributed by atoms with Crippen molar-refractivity contribution in [2.24, 2.45) is 0 Å². The Labute approximate surface area is 134 Å². The molecule has 0 bridgehead atoms. The van der Waals surface area contributed by atoms with Gasteiger partial charge in [0.2, 0.25) is 0 Å². The van der Waals surface area contributed by atoms with E-state index in [4.69, 9.17) is 0 Å². The summed E-state index contributed by atoms with van der Waals surface area (Å²) in [7, 11) is -3.67. The predicted molar refractivity (Wildman–Crippen MR) is 86.5 cm³/mol. The van der Waals surface area contributed by atoms with E-state index in [2.05, 4.69) is 14.9 Å². The summed E-state index contributed by atoms with van der Waals surface area (Å²) in [6.45, 7) is 3.12. The van der Waals surface area contributed by atoms with Gasteiger partial charge in [-0.15, -0.1) is 0 Å². The summed E-state index contributed by atoms with van der Waals surface area (Å²) in [6.07, 6.45) is 5.98. The third kappa shape index (κ3) is 3.59. The first-order valence-corrected chi connectivity index (χ1v) is 8.67. The molecule has 0 aliphatic rings. The van der Waals surface area contributed by atoms with Gasteiger partial charge < -0.3 is 0 Å². The molecule has 0 amide bonds. The first-order valence-electron chi connectivity index (χ1n) is 7.18. The molecule has 2 heterocycles. The maximum Gasteiger partial charge on any atom is 0.265 e. The normalized spacial score (nSPS) is 11.5. The lowest BCUT2D eigenvalue weighted by atomic mass is 10.2. The van der Waals surface area contributed by atoms with Crippen LogP contribution >= 0.6 is 0 Å². The van der Waals surface area contributed by atoms with Crippen LogP contribution in [0.3, 0.4) is 0 Å². The van der Waals surface area contributed by atoms with Crippen LogP contribution in [-0.2, 0) is 23.1 Å². The summed E-state index contributed by atoms with van der Waals surface area (Å²) in [5.41, 5.74) is 1.49. The molecule has 3 rings (SSSR count). The molecule has 23 heavy (non-hydrogen) atoms. The van der Waals surface area contributed by atoms with Gasteiger partial charge in [-0.3, -0.25) is 14.1 Å². The molecule has 0 saturated heterocycles. The topological polar surface area (TPSA) is 81.8 Å². The number of nitrogens with zero attached hydrogens (tertiary/aromatic N) is 4. The van der Waals surface area contributed by atoms with Gasteiger partial charge in [-0.05, 0) is 12.5 Å². The molecule has 0 fully saturated rings. The predicted octanol–water partition coefficient (Wildman–Crippen LogP) is 1.95. The minimum absolute atomic E-state index is 0.123. The number of nitrogens with one attached hydrogen (secondary N) is 1. The van der Waals surface area contributed by atoms with E-state index in [0.29, 0.717) is 18.8 Å². The Morgan fingerprint density at radius 2 is 1.78 bits per heavy atom. The fourth-order valence-electron chi connectivity index (χ4n) is 2.14. The molecule has 0 atom stereocenters. The van der Waals surface area contributed by atoms with Gasteiger partial charge in [0.25, 0.3) is 10.0 Å². The van der Waals surface area contributed by atoms with E-state index in [-0.39, 0.29) is 4.90 Å². The highest BCUT2D eigenvalue weighted by atomic mass is 32.2. The van der Waals surface area contributed by atoms with E-state index >= 15 is 0 Å². The molecule has 2 aromatic heterocycles. The molecule has 7 nitrogen and oxygen atoms in total. The van der Waals surface area contributed by atoms with Crippen molar-refractivity contribution >= 4 is 15.7 Å². The van der Waals surface area contributed by atoms with Gasteiger partial charge in [0.05, 0.1) is 24.6 Å². The molecule has 8 heteroatoms. The van der Waals surface area contributed by atoms with E-state index < -0.39 is 10.0 Å². The third-order valence-corrected chi connectivity index (χ3v) is 4.65. The number of benzene rings is 1. The van der Waals surface area contributed by atoms with Crippen molar-refractivity contribution in [3.8, 4) is 0 Å². The van der Waals surface area contributed by atoms with Gasteiger partial charge in [-0.1, -0.05) is 30.3 Å². The average Bonchev–Trinajstić information content (AvgIpc) is 3.17. The number of aromatic nitrogens is 4. The Morgan fingerprint density at radius 3 is 2.48 bits per heavy atom. The van der Waals surface area contributed by atoms with E-state index in [1.54, 1.807) is 15.6 Å². The molecule has 0 unspecified atom stereocenters. The summed E-state index contributed by atoms with van der Waals surface area (Å²) in [5.74, 6) is 0. The molecule has 3 aromatic rings. The Hall–Kier alpha value is -2.61. The van der Waals surface area contributed by atoms with E-state index in [1.807, 2.05) is 37.3 Å². The summed E-state index contributed by atoms with van der Waals surface area (Å²) in [5, 5.41) is 8.16. The number of sulfonamides is 1. The zero-order chi connectivity index (χ0) is 16.3. The summed E-state index contributed by atoms with van der Waals surface area (Å²) in [6, 6.07) is 9.73. The molecule has 0 spiro atoms. The Balaban J connectivity index is 1.75. The van der Waals surface area contributed by atoms with Gasteiger partial charge in [0.1, 0.15) is 4.90 Å². The minimum atomic E-state index is -3.67. The van der Waals surface area contributed by atoms with Crippen molar-refractivity contribution in [2.45, 2.75) is 24.9 Å². The van der Waals surface area contributed by atoms with Gasteiger partial charge >= 0.3 is 0 Å². The first-order chi connectivity index (χ1) is 11.1. The first kappa shape index (κ1) is 15.3. The SMILES string of the molecule is CCn1cc(NS(=O)(=O)c2cnn(Cc3ccccc3)c2)cn1. The summed E-state index contributed by atoms with van der Waals surface area (Å²) < 4.78 is 30.5. The molecule has 0 saturated carbocycles. The van der Waals surface area contributed by atoms with Crippen LogP contribution in [0.4, 0.5) is 5.69 Å². The molecule has 0 radical (unpaired) electrons. The lowest BCUT2D eigenvalue weighted by molar-refractivity contribution is 0.600. The fraction of sp³-hybridized carbons (Fsp3) is 0.200. The summed E-state index contributed by atoms with van der Waals surface area (Å²) >= 11 is 0. The number of rotatable bonds is 6. The maximum absolute atomic E-state index is 12.4. The van der Waals surface area contributed by atoms with E-state index in [0.717, 1.165) is 5.56 Å². The highest BCUT2D eigenvalue weighted by Crippen LogP contribution is 2.15. The second-order valence-corrected chi connectivity index (χ2v) is 6.73. The third-order valence-electron chi connectivity index (χ3n) is 3.32. The van der Waals surface area contributed by atoms with Gasteiger partial charge in [-0.25, -0.2) is 8.42 Å². The van der Waals surface area contributed by atoms with Crippen LogP contribution in [0.1, 0.15) is 12.5 Å². The smallest absolute Gasteiger partial charge is 0.265 e. The zero-order valence-corrected chi connectivity index (χ0v) is 13.4. The van der Waals surface area contributed by atoms with Crippen LogP contribution in [0, 0.1) is 0 Å². The van der Waals surface area contributed by atoms with Gasteiger partial charge in [-0.2, -0.15) is 10.2 Å². The summed E-state index contributed by atoms with van der Waals surface area (Å²) in [4.78, 5) is 0.123. The molecular weight excluding hydrogens is 314 g/mol. The van der Waals surface area contributed by atoms with Crippen molar-refractivity contribution < 1.29 is 8.42 Å². The number of hydrogen-bond acceptors (Lipinski definition) is 4. The average molecular weight is 331 g/mol.